The Morgan fingerprint density at radius 3 is 1.22 bits per heavy atom. The molecular weight excluding hydrogens is 328 g/mol. The van der Waals surface area contributed by atoms with Crippen LogP contribution in [0.3, 0.4) is 0 Å². The highest BCUT2D eigenvalue weighted by Crippen LogP contribution is 2.20. The Labute approximate surface area is 173 Å². The molecule has 0 N–H and O–H groups in total. The molecule has 1 unspecified atom stereocenters. The Kier molecular flexibility index (Phi) is 24.0. The van der Waals surface area contributed by atoms with Crippen molar-refractivity contribution in [2.75, 3.05) is 13.2 Å². The van der Waals surface area contributed by atoms with Crippen molar-refractivity contribution < 1.29 is 4.74 Å². The second-order valence-electron chi connectivity index (χ2n) is 8.82. The zero-order valence-electron chi connectivity index (χ0n) is 19.5. The topological polar surface area (TPSA) is 9.23 Å². The summed E-state index contributed by atoms with van der Waals surface area (Å²) in [6, 6.07) is 0. The van der Waals surface area contributed by atoms with E-state index in [-0.39, 0.29) is 0 Å². The van der Waals surface area contributed by atoms with Crippen LogP contribution in [-0.2, 0) is 4.74 Å². The quantitative estimate of drug-likeness (QED) is 0.160. The van der Waals surface area contributed by atoms with Crippen molar-refractivity contribution >= 4 is 0 Å². The van der Waals surface area contributed by atoms with E-state index in [0.717, 1.165) is 19.1 Å². The third-order valence-corrected chi connectivity index (χ3v) is 5.93. The molecule has 0 amide bonds. The predicted octanol–water partition coefficient (Wildman–Crippen LogP) is 9.48. The summed E-state index contributed by atoms with van der Waals surface area (Å²) in [5.41, 5.74) is 0. The minimum atomic E-state index is 0.821. The predicted molar refractivity (Wildman–Crippen MR) is 124 cm³/mol. The molecular formula is C26H54O. The minimum absolute atomic E-state index is 0.821. The molecule has 0 aliphatic carbocycles. The molecule has 0 heterocycles. The Morgan fingerprint density at radius 2 is 0.815 bits per heavy atom. The molecule has 0 rings (SSSR count). The van der Waals surface area contributed by atoms with E-state index in [0.29, 0.717) is 0 Å². The molecule has 0 spiro atoms. The maximum Gasteiger partial charge on any atom is 0.0494 e. The first-order valence-corrected chi connectivity index (χ1v) is 12.9. The smallest absolute Gasteiger partial charge is 0.0494 e. The van der Waals surface area contributed by atoms with Crippen LogP contribution in [0.2, 0.25) is 0 Å². The van der Waals surface area contributed by atoms with Gasteiger partial charge in [-0.2, -0.15) is 0 Å². The second kappa shape index (κ2) is 24.0. The molecule has 1 heteroatoms. The van der Waals surface area contributed by atoms with Crippen LogP contribution in [0.1, 0.15) is 149 Å². The van der Waals surface area contributed by atoms with Gasteiger partial charge >= 0.3 is 0 Å². The van der Waals surface area contributed by atoms with E-state index in [4.69, 9.17) is 4.74 Å². The van der Waals surface area contributed by atoms with Gasteiger partial charge in [-0.3, -0.25) is 0 Å². The van der Waals surface area contributed by atoms with Crippen molar-refractivity contribution in [1.82, 2.24) is 0 Å². The average molecular weight is 383 g/mol. The first-order valence-electron chi connectivity index (χ1n) is 12.9. The van der Waals surface area contributed by atoms with Gasteiger partial charge in [-0.05, 0) is 25.2 Å². The molecule has 0 radical (unpaired) electrons. The first-order chi connectivity index (χ1) is 13.3. The van der Waals surface area contributed by atoms with Gasteiger partial charge in [0.05, 0.1) is 0 Å². The zero-order chi connectivity index (χ0) is 19.8. The molecule has 0 aromatic carbocycles. The van der Waals surface area contributed by atoms with Crippen molar-refractivity contribution in [3.8, 4) is 0 Å². The summed E-state index contributed by atoms with van der Waals surface area (Å²) in [5.74, 6) is 0.821. The van der Waals surface area contributed by atoms with Crippen molar-refractivity contribution in [1.29, 1.82) is 0 Å². The standard InChI is InChI=1S/C26H54O/c1-4-7-10-12-14-15-16-17-19-21-23-26(25-27-24-9-6-3)22-20-18-13-11-8-5-2/h26H,4-25H2,1-3H3. The first kappa shape index (κ1) is 27.0. The Balaban J connectivity index is 3.66. The van der Waals surface area contributed by atoms with Gasteiger partial charge < -0.3 is 4.74 Å². The fourth-order valence-corrected chi connectivity index (χ4v) is 3.94. The van der Waals surface area contributed by atoms with Crippen molar-refractivity contribution in [3.05, 3.63) is 0 Å². The lowest BCUT2D eigenvalue weighted by molar-refractivity contribution is 0.0888. The normalized spacial score (nSPS) is 12.6. The highest BCUT2D eigenvalue weighted by Gasteiger charge is 2.09. The number of hydrogen-bond donors (Lipinski definition) is 0. The summed E-state index contributed by atoms with van der Waals surface area (Å²) in [7, 11) is 0. The van der Waals surface area contributed by atoms with E-state index in [1.807, 2.05) is 0 Å². The average Bonchev–Trinajstić information content (AvgIpc) is 2.68. The molecule has 0 saturated heterocycles. The molecule has 0 aliphatic heterocycles. The van der Waals surface area contributed by atoms with Gasteiger partial charge in [0.25, 0.3) is 0 Å². The van der Waals surface area contributed by atoms with Gasteiger partial charge in [0.15, 0.2) is 0 Å². The van der Waals surface area contributed by atoms with E-state index in [9.17, 15) is 0 Å². The Hall–Kier alpha value is -0.0400. The van der Waals surface area contributed by atoms with Gasteiger partial charge in [0, 0.05) is 13.2 Å². The van der Waals surface area contributed by atoms with Gasteiger partial charge in [0.2, 0.25) is 0 Å². The molecule has 0 fully saturated rings. The summed E-state index contributed by atoms with van der Waals surface area (Å²) >= 11 is 0. The fourth-order valence-electron chi connectivity index (χ4n) is 3.94. The SMILES string of the molecule is CCCCCCCCCCCCC(CCCCCCCC)COCCCC. The fraction of sp³-hybridized carbons (Fsp3) is 1.00. The van der Waals surface area contributed by atoms with E-state index in [1.54, 1.807) is 0 Å². The molecule has 0 aromatic heterocycles. The van der Waals surface area contributed by atoms with E-state index in [1.165, 1.54) is 128 Å². The van der Waals surface area contributed by atoms with E-state index < -0.39 is 0 Å². The lowest BCUT2D eigenvalue weighted by Crippen LogP contribution is -2.11. The van der Waals surface area contributed by atoms with Gasteiger partial charge in [-0.25, -0.2) is 0 Å². The number of ether oxygens (including phenoxy) is 1. The molecule has 0 aliphatic rings. The summed E-state index contributed by atoms with van der Waals surface area (Å²) in [6.45, 7) is 8.85. The minimum Gasteiger partial charge on any atom is -0.381 e. The number of unbranched alkanes of at least 4 members (excludes halogenated alkanes) is 15. The van der Waals surface area contributed by atoms with Crippen LogP contribution < -0.4 is 0 Å². The third kappa shape index (κ3) is 22.1. The van der Waals surface area contributed by atoms with Crippen LogP contribution in [0.5, 0.6) is 0 Å². The van der Waals surface area contributed by atoms with Crippen LogP contribution in [-0.4, -0.2) is 13.2 Å². The summed E-state index contributed by atoms with van der Waals surface area (Å²) in [6.07, 6.45) is 28.2. The van der Waals surface area contributed by atoms with Crippen LogP contribution in [0.15, 0.2) is 0 Å². The van der Waals surface area contributed by atoms with Crippen LogP contribution in [0.25, 0.3) is 0 Å². The molecule has 164 valence electrons. The monoisotopic (exact) mass is 382 g/mol. The van der Waals surface area contributed by atoms with Crippen molar-refractivity contribution in [3.63, 3.8) is 0 Å². The Morgan fingerprint density at radius 1 is 0.444 bits per heavy atom. The largest absolute Gasteiger partial charge is 0.381 e. The number of rotatable bonds is 23. The maximum absolute atomic E-state index is 5.97. The highest BCUT2D eigenvalue weighted by molar-refractivity contribution is 4.61. The maximum atomic E-state index is 5.97. The summed E-state index contributed by atoms with van der Waals surface area (Å²) in [5, 5.41) is 0. The van der Waals surface area contributed by atoms with Gasteiger partial charge in [0.1, 0.15) is 0 Å². The van der Waals surface area contributed by atoms with Crippen LogP contribution in [0.4, 0.5) is 0 Å². The third-order valence-electron chi connectivity index (χ3n) is 5.93. The molecule has 27 heavy (non-hydrogen) atoms. The van der Waals surface area contributed by atoms with Crippen LogP contribution >= 0.6 is 0 Å². The molecule has 1 nitrogen and oxygen atoms in total. The van der Waals surface area contributed by atoms with E-state index >= 15 is 0 Å². The molecule has 1 atom stereocenters. The zero-order valence-corrected chi connectivity index (χ0v) is 19.5. The number of hydrogen-bond acceptors (Lipinski definition) is 1. The lowest BCUT2D eigenvalue weighted by Gasteiger charge is -2.17. The summed E-state index contributed by atoms with van der Waals surface area (Å²) in [4.78, 5) is 0. The molecule has 0 bridgehead atoms. The molecule has 0 saturated carbocycles. The van der Waals surface area contributed by atoms with Crippen molar-refractivity contribution in [2.45, 2.75) is 149 Å². The molecule has 0 aromatic rings. The second-order valence-corrected chi connectivity index (χ2v) is 8.82. The highest BCUT2D eigenvalue weighted by atomic mass is 16.5. The van der Waals surface area contributed by atoms with Gasteiger partial charge in [-0.15, -0.1) is 0 Å². The van der Waals surface area contributed by atoms with Crippen molar-refractivity contribution in [2.24, 2.45) is 5.92 Å². The van der Waals surface area contributed by atoms with Gasteiger partial charge in [-0.1, -0.05) is 130 Å². The lowest BCUT2D eigenvalue weighted by atomic mass is 9.94. The Bertz CT molecular complexity index is 251. The van der Waals surface area contributed by atoms with Crippen LogP contribution in [0, 0.1) is 5.92 Å². The van der Waals surface area contributed by atoms with E-state index in [2.05, 4.69) is 20.8 Å². The summed E-state index contributed by atoms with van der Waals surface area (Å²) < 4.78 is 5.97.